The fraction of sp³-hybridized carbons (Fsp3) is 0.200. The molecule has 0 N–H and O–H groups in total. The van der Waals surface area contributed by atoms with Crippen LogP contribution in [-0.2, 0) is 10.9 Å². The Morgan fingerprint density at radius 2 is 1.91 bits per heavy atom. The number of hydrogen-bond acceptors (Lipinski definition) is 0. The van der Waals surface area contributed by atoms with Crippen LogP contribution in [0.2, 0.25) is 0 Å². The highest BCUT2D eigenvalue weighted by Gasteiger charge is 2.38. The van der Waals surface area contributed by atoms with E-state index in [-0.39, 0.29) is 0 Å². The summed E-state index contributed by atoms with van der Waals surface area (Å²) in [6, 6.07) is 10.6. The predicted molar refractivity (Wildman–Crippen MR) is 52.3 cm³/mol. The van der Waals surface area contributed by atoms with Gasteiger partial charge in [0.15, 0.2) is 5.41 Å². The highest BCUT2D eigenvalue weighted by Crippen LogP contribution is 2.37. The highest BCUT2D eigenvalue weighted by atomic mass is 32.2. The standard InChI is InChI=1S/C10H11S/c1-2-11-8-10(11)9-6-4-3-5-7-9/h3-8H,2H2,1H3/q+1. The van der Waals surface area contributed by atoms with Crippen molar-refractivity contribution in [2.24, 2.45) is 0 Å². The van der Waals surface area contributed by atoms with Crippen LogP contribution in [0.25, 0.3) is 4.91 Å². The van der Waals surface area contributed by atoms with Gasteiger partial charge in [-0.2, -0.15) is 0 Å². The highest BCUT2D eigenvalue weighted by molar-refractivity contribution is 8.15. The monoisotopic (exact) mass is 163 g/mol. The van der Waals surface area contributed by atoms with Crippen LogP contribution in [-0.4, -0.2) is 5.75 Å². The zero-order valence-electron chi connectivity index (χ0n) is 6.58. The van der Waals surface area contributed by atoms with E-state index in [2.05, 4.69) is 42.7 Å². The summed E-state index contributed by atoms with van der Waals surface area (Å²) in [7, 11) is 0.530. The average molecular weight is 163 g/mol. The van der Waals surface area contributed by atoms with E-state index < -0.39 is 0 Å². The normalized spacial score (nSPS) is 21.2. The Morgan fingerprint density at radius 1 is 1.18 bits per heavy atom. The number of rotatable bonds is 2. The second-order valence-electron chi connectivity index (χ2n) is 2.57. The number of benzene rings is 1. The Balaban J connectivity index is 2.15. The molecule has 11 heavy (non-hydrogen) atoms. The first kappa shape index (κ1) is 6.99. The molecular weight excluding hydrogens is 152 g/mol. The molecule has 1 unspecified atom stereocenters. The molecule has 0 amide bonds. The topological polar surface area (TPSA) is 0 Å². The van der Waals surface area contributed by atoms with E-state index in [0.717, 1.165) is 0 Å². The predicted octanol–water partition coefficient (Wildman–Crippen LogP) is 2.64. The average Bonchev–Trinajstić information content (AvgIpc) is 2.85. The van der Waals surface area contributed by atoms with Gasteiger partial charge >= 0.3 is 0 Å². The molecule has 1 atom stereocenters. The zero-order chi connectivity index (χ0) is 7.68. The van der Waals surface area contributed by atoms with Crippen LogP contribution in [0.4, 0.5) is 0 Å². The molecule has 0 saturated heterocycles. The summed E-state index contributed by atoms with van der Waals surface area (Å²) in [6.45, 7) is 2.25. The third kappa shape index (κ3) is 1.33. The first-order valence-electron chi connectivity index (χ1n) is 3.88. The number of hydrogen-bond donors (Lipinski definition) is 0. The third-order valence-corrected chi connectivity index (χ3v) is 3.65. The van der Waals surface area contributed by atoms with Gasteiger partial charge in [-0.3, -0.25) is 0 Å². The molecule has 0 spiro atoms. The van der Waals surface area contributed by atoms with Crippen molar-refractivity contribution in [2.45, 2.75) is 6.92 Å². The molecule has 0 fully saturated rings. The first-order valence-corrected chi connectivity index (χ1v) is 5.34. The van der Waals surface area contributed by atoms with Gasteiger partial charge in [0, 0.05) is 5.56 Å². The molecule has 1 aromatic rings. The Labute approximate surface area is 70.3 Å². The molecule has 1 aromatic carbocycles. The third-order valence-electron chi connectivity index (χ3n) is 1.84. The fourth-order valence-electron chi connectivity index (χ4n) is 1.17. The minimum absolute atomic E-state index is 0.530. The minimum atomic E-state index is 0.530. The van der Waals surface area contributed by atoms with Crippen molar-refractivity contribution >= 4 is 15.8 Å². The van der Waals surface area contributed by atoms with Gasteiger partial charge in [0.25, 0.3) is 0 Å². The van der Waals surface area contributed by atoms with Crippen LogP contribution >= 0.6 is 0 Å². The van der Waals surface area contributed by atoms with Gasteiger partial charge in [0.2, 0.25) is 4.91 Å². The summed E-state index contributed by atoms with van der Waals surface area (Å²) >= 11 is 0. The van der Waals surface area contributed by atoms with E-state index in [0.29, 0.717) is 10.9 Å². The van der Waals surface area contributed by atoms with Gasteiger partial charge in [0.05, 0.1) is 10.9 Å². The molecule has 0 nitrogen and oxygen atoms in total. The lowest BCUT2D eigenvalue weighted by Crippen LogP contribution is -1.84. The molecule has 0 aliphatic carbocycles. The molecule has 2 rings (SSSR count). The lowest BCUT2D eigenvalue weighted by atomic mass is 10.2. The second kappa shape index (κ2) is 2.74. The minimum Gasteiger partial charge on any atom is -0.0622 e. The van der Waals surface area contributed by atoms with E-state index in [4.69, 9.17) is 0 Å². The van der Waals surface area contributed by atoms with E-state index in [1.807, 2.05) is 0 Å². The van der Waals surface area contributed by atoms with Crippen LogP contribution in [0.1, 0.15) is 12.5 Å². The summed E-state index contributed by atoms with van der Waals surface area (Å²) in [5.74, 6) is 1.28. The van der Waals surface area contributed by atoms with Crippen LogP contribution in [0.5, 0.6) is 0 Å². The lowest BCUT2D eigenvalue weighted by Gasteiger charge is -1.87. The van der Waals surface area contributed by atoms with Gasteiger partial charge in [0.1, 0.15) is 5.75 Å². The van der Waals surface area contributed by atoms with Gasteiger partial charge < -0.3 is 0 Å². The second-order valence-corrected chi connectivity index (χ2v) is 4.68. The Kier molecular flexibility index (Phi) is 1.74. The molecule has 1 heterocycles. The maximum atomic E-state index is 2.37. The quantitative estimate of drug-likeness (QED) is 0.588. The summed E-state index contributed by atoms with van der Waals surface area (Å²) in [4.78, 5) is 1.56. The lowest BCUT2D eigenvalue weighted by molar-refractivity contribution is 1.53. The molecule has 56 valence electrons. The van der Waals surface area contributed by atoms with Crippen molar-refractivity contribution in [3.8, 4) is 0 Å². The van der Waals surface area contributed by atoms with Crippen molar-refractivity contribution in [1.82, 2.24) is 0 Å². The van der Waals surface area contributed by atoms with E-state index in [1.54, 1.807) is 4.91 Å². The van der Waals surface area contributed by atoms with Gasteiger partial charge in [-0.1, -0.05) is 18.2 Å². The van der Waals surface area contributed by atoms with Gasteiger partial charge in [-0.25, -0.2) is 0 Å². The molecular formula is C10H11S+. The summed E-state index contributed by atoms with van der Waals surface area (Å²) in [5.41, 5.74) is 1.41. The molecule has 0 bridgehead atoms. The van der Waals surface area contributed by atoms with E-state index >= 15 is 0 Å². The maximum Gasteiger partial charge on any atom is 0.215 e. The molecule has 0 saturated carbocycles. The Hall–Kier alpha value is -0.690. The first-order chi connectivity index (χ1) is 5.42. The van der Waals surface area contributed by atoms with E-state index in [1.165, 1.54) is 11.3 Å². The smallest absolute Gasteiger partial charge is 0.0622 e. The summed E-state index contributed by atoms with van der Waals surface area (Å²) in [6.07, 6.45) is 0. The summed E-state index contributed by atoms with van der Waals surface area (Å²) in [5, 5.41) is 2.37. The molecule has 1 aliphatic rings. The molecule has 0 radical (unpaired) electrons. The van der Waals surface area contributed by atoms with Gasteiger partial charge in [-0.05, 0) is 19.1 Å². The van der Waals surface area contributed by atoms with Crippen LogP contribution in [0.15, 0.2) is 35.7 Å². The van der Waals surface area contributed by atoms with Crippen LogP contribution < -0.4 is 0 Å². The fourth-order valence-corrected chi connectivity index (χ4v) is 2.63. The molecule has 1 aliphatic heterocycles. The van der Waals surface area contributed by atoms with Gasteiger partial charge in [-0.15, -0.1) is 0 Å². The Morgan fingerprint density at radius 3 is 2.45 bits per heavy atom. The Bertz CT molecular complexity index is 274. The SMILES string of the molecule is CC[S+]1C=C1c1ccccc1. The van der Waals surface area contributed by atoms with Crippen LogP contribution in [0, 0.1) is 0 Å². The maximum absolute atomic E-state index is 2.37. The van der Waals surface area contributed by atoms with E-state index in [9.17, 15) is 0 Å². The van der Waals surface area contributed by atoms with Crippen molar-refractivity contribution < 1.29 is 0 Å². The van der Waals surface area contributed by atoms with Crippen molar-refractivity contribution in [1.29, 1.82) is 0 Å². The molecule has 1 heteroatoms. The summed E-state index contributed by atoms with van der Waals surface area (Å²) < 4.78 is 0. The van der Waals surface area contributed by atoms with Crippen LogP contribution in [0.3, 0.4) is 0 Å². The van der Waals surface area contributed by atoms with Crippen molar-refractivity contribution in [2.75, 3.05) is 5.75 Å². The zero-order valence-corrected chi connectivity index (χ0v) is 7.40. The van der Waals surface area contributed by atoms with Crippen molar-refractivity contribution in [3.63, 3.8) is 0 Å². The van der Waals surface area contributed by atoms with Crippen molar-refractivity contribution in [3.05, 3.63) is 41.3 Å². The largest absolute Gasteiger partial charge is 0.215 e. The molecule has 0 aromatic heterocycles.